The van der Waals surface area contributed by atoms with Crippen molar-refractivity contribution in [3.8, 4) is 6.07 Å². The maximum atomic E-state index is 8.63. The minimum atomic E-state index is 0.475. The standard InChI is InChI=1S/C16H22N2/c1-2-3-4-5-6-7-8-9-10-15-11-12-16(13-17)18-14-15/h9-12,14H,2-8H2,1H3/b10-9+. The first-order valence-corrected chi connectivity index (χ1v) is 6.89. The van der Waals surface area contributed by atoms with Gasteiger partial charge in [-0.3, -0.25) is 0 Å². The lowest BCUT2D eigenvalue weighted by Crippen LogP contribution is -1.82. The molecule has 0 aromatic carbocycles. The highest BCUT2D eigenvalue weighted by Gasteiger charge is 1.91. The van der Waals surface area contributed by atoms with Crippen LogP contribution >= 0.6 is 0 Å². The second kappa shape index (κ2) is 9.41. The van der Waals surface area contributed by atoms with E-state index in [1.807, 2.05) is 12.1 Å². The van der Waals surface area contributed by atoms with Crippen molar-refractivity contribution in [3.05, 3.63) is 35.7 Å². The number of aromatic nitrogens is 1. The van der Waals surface area contributed by atoms with Gasteiger partial charge in [0.05, 0.1) is 0 Å². The lowest BCUT2D eigenvalue weighted by Gasteiger charge is -1.97. The van der Waals surface area contributed by atoms with Crippen LogP contribution in [0.3, 0.4) is 0 Å². The van der Waals surface area contributed by atoms with E-state index in [9.17, 15) is 0 Å². The summed E-state index contributed by atoms with van der Waals surface area (Å²) >= 11 is 0. The van der Waals surface area contributed by atoms with E-state index in [1.54, 1.807) is 12.3 Å². The van der Waals surface area contributed by atoms with Gasteiger partial charge in [-0.25, -0.2) is 4.98 Å². The Bertz CT molecular complexity index is 385. The lowest BCUT2D eigenvalue weighted by molar-refractivity contribution is 0.611. The Morgan fingerprint density at radius 2 is 1.94 bits per heavy atom. The van der Waals surface area contributed by atoms with Gasteiger partial charge >= 0.3 is 0 Å². The minimum Gasteiger partial charge on any atom is -0.245 e. The van der Waals surface area contributed by atoms with Crippen LogP contribution in [0.25, 0.3) is 6.08 Å². The lowest BCUT2D eigenvalue weighted by atomic mass is 10.1. The van der Waals surface area contributed by atoms with Gasteiger partial charge in [-0.15, -0.1) is 0 Å². The van der Waals surface area contributed by atoms with Crippen LogP contribution in [0.2, 0.25) is 0 Å². The van der Waals surface area contributed by atoms with Gasteiger partial charge < -0.3 is 0 Å². The Kier molecular flexibility index (Phi) is 7.55. The summed E-state index contributed by atoms with van der Waals surface area (Å²) in [5, 5.41) is 8.63. The fraction of sp³-hybridized carbons (Fsp3) is 0.500. The Balaban J connectivity index is 2.14. The molecule has 0 aliphatic heterocycles. The number of allylic oxidation sites excluding steroid dienone is 1. The van der Waals surface area contributed by atoms with Crippen molar-refractivity contribution in [1.82, 2.24) is 4.98 Å². The van der Waals surface area contributed by atoms with Gasteiger partial charge in [0.2, 0.25) is 0 Å². The average molecular weight is 242 g/mol. The van der Waals surface area contributed by atoms with E-state index in [4.69, 9.17) is 5.26 Å². The molecule has 0 amide bonds. The first-order valence-electron chi connectivity index (χ1n) is 6.89. The van der Waals surface area contributed by atoms with Crippen LogP contribution in [0.5, 0.6) is 0 Å². The van der Waals surface area contributed by atoms with Crippen LogP contribution in [0.1, 0.15) is 63.1 Å². The van der Waals surface area contributed by atoms with Crippen molar-refractivity contribution >= 4 is 6.08 Å². The first kappa shape index (κ1) is 14.4. The molecule has 96 valence electrons. The molecule has 0 saturated heterocycles. The van der Waals surface area contributed by atoms with Crippen LogP contribution in [0, 0.1) is 11.3 Å². The molecule has 18 heavy (non-hydrogen) atoms. The second-order valence-corrected chi connectivity index (χ2v) is 4.55. The maximum absolute atomic E-state index is 8.63. The van der Waals surface area contributed by atoms with E-state index < -0.39 is 0 Å². The molecule has 0 spiro atoms. The first-order chi connectivity index (χ1) is 8.86. The number of nitriles is 1. The molecule has 2 heteroatoms. The zero-order chi connectivity index (χ0) is 13.1. The van der Waals surface area contributed by atoms with Crippen LogP contribution in [0.4, 0.5) is 0 Å². The molecular formula is C16H22N2. The summed E-state index contributed by atoms with van der Waals surface area (Å²) in [5.41, 5.74) is 1.54. The zero-order valence-electron chi connectivity index (χ0n) is 11.2. The van der Waals surface area contributed by atoms with E-state index in [0.29, 0.717) is 5.69 Å². The van der Waals surface area contributed by atoms with E-state index in [2.05, 4.69) is 24.1 Å². The van der Waals surface area contributed by atoms with E-state index >= 15 is 0 Å². The van der Waals surface area contributed by atoms with Gasteiger partial charge in [0.15, 0.2) is 0 Å². The molecule has 0 aliphatic carbocycles. The third kappa shape index (κ3) is 6.20. The van der Waals surface area contributed by atoms with Gasteiger partial charge in [0.1, 0.15) is 11.8 Å². The van der Waals surface area contributed by atoms with Crippen LogP contribution in [-0.4, -0.2) is 4.98 Å². The predicted molar refractivity (Wildman–Crippen MR) is 76.0 cm³/mol. The molecule has 0 saturated carbocycles. The molecule has 0 N–H and O–H groups in total. The number of unbranched alkanes of at least 4 members (excludes halogenated alkanes) is 6. The predicted octanol–water partition coefficient (Wildman–Crippen LogP) is 4.72. The SMILES string of the molecule is CCCCCCCC/C=C/c1ccc(C#N)nc1. The highest BCUT2D eigenvalue weighted by molar-refractivity contribution is 5.48. The number of pyridine rings is 1. The van der Waals surface area contributed by atoms with Crippen molar-refractivity contribution in [1.29, 1.82) is 5.26 Å². The summed E-state index contributed by atoms with van der Waals surface area (Å²) < 4.78 is 0. The maximum Gasteiger partial charge on any atom is 0.140 e. The smallest absolute Gasteiger partial charge is 0.140 e. The number of rotatable bonds is 8. The Hall–Kier alpha value is -1.62. The Labute approximate surface area is 110 Å². The molecule has 1 rings (SSSR count). The highest BCUT2D eigenvalue weighted by atomic mass is 14.7. The fourth-order valence-corrected chi connectivity index (χ4v) is 1.83. The van der Waals surface area contributed by atoms with Gasteiger partial charge in [-0.2, -0.15) is 5.26 Å². The average Bonchev–Trinajstić information content (AvgIpc) is 2.42. The van der Waals surface area contributed by atoms with Crippen LogP contribution < -0.4 is 0 Å². The fourth-order valence-electron chi connectivity index (χ4n) is 1.83. The second-order valence-electron chi connectivity index (χ2n) is 4.55. The van der Waals surface area contributed by atoms with E-state index in [0.717, 1.165) is 12.0 Å². The van der Waals surface area contributed by atoms with Crippen molar-refractivity contribution in [2.75, 3.05) is 0 Å². The molecule has 1 aromatic rings. The molecule has 0 bridgehead atoms. The molecule has 0 radical (unpaired) electrons. The van der Waals surface area contributed by atoms with E-state index in [1.165, 1.54) is 38.5 Å². The molecular weight excluding hydrogens is 220 g/mol. The summed E-state index contributed by atoms with van der Waals surface area (Å²) in [7, 11) is 0. The largest absolute Gasteiger partial charge is 0.245 e. The van der Waals surface area contributed by atoms with Gasteiger partial charge in [-0.05, 0) is 24.5 Å². The summed E-state index contributed by atoms with van der Waals surface area (Å²) in [6.45, 7) is 2.24. The highest BCUT2D eigenvalue weighted by Crippen LogP contribution is 2.08. The number of hydrogen-bond donors (Lipinski definition) is 0. The molecule has 1 aromatic heterocycles. The molecule has 1 heterocycles. The Morgan fingerprint density at radius 1 is 1.17 bits per heavy atom. The number of hydrogen-bond acceptors (Lipinski definition) is 2. The molecule has 0 fully saturated rings. The van der Waals surface area contributed by atoms with Gasteiger partial charge in [0.25, 0.3) is 0 Å². The van der Waals surface area contributed by atoms with Crippen molar-refractivity contribution in [2.24, 2.45) is 0 Å². The van der Waals surface area contributed by atoms with Crippen molar-refractivity contribution in [2.45, 2.75) is 51.9 Å². The summed E-state index contributed by atoms with van der Waals surface area (Å²) in [5.74, 6) is 0. The topological polar surface area (TPSA) is 36.7 Å². The van der Waals surface area contributed by atoms with Crippen molar-refractivity contribution < 1.29 is 0 Å². The number of nitrogens with zero attached hydrogens (tertiary/aromatic N) is 2. The van der Waals surface area contributed by atoms with E-state index in [-0.39, 0.29) is 0 Å². The molecule has 0 aliphatic rings. The minimum absolute atomic E-state index is 0.475. The van der Waals surface area contributed by atoms with Crippen molar-refractivity contribution in [3.63, 3.8) is 0 Å². The quantitative estimate of drug-likeness (QED) is 0.618. The normalized spacial score (nSPS) is 10.7. The third-order valence-electron chi connectivity index (χ3n) is 2.94. The summed E-state index contributed by atoms with van der Waals surface area (Å²) in [6.07, 6.45) is 15.2. The van der Waals surface area contributed by atoms with Crippen LogP contribution in [0.15, 0.2) is 24.4 Å². The Morgan fingerprint density at radius 3 is 2.61 bits per heavy atom. The monoisotopic (exact) mass is 242 g/mol. The zero-order valence-corrected chi connectivity index (χ0v) is 11.2. The molecule has 2 nitrogen and oxygen atoms in total. The third-order valence-corrected chi connectivity index (χ3v) is 2.94. The molecule has 0 unspecified atom stereocenters. The molecule has 0 atom stereocenters. The summed E-state index contributed by atoms with van der Waals surface area (Å²) in [4.78, 5) is 4.03. The van der Waals surface area contributed by atoms with Gasteiger partial charge in [-0.1, -0.05) is 57.2 Å². The van der Waals surface area contributed by atoms with Crippen LogP contribution in [-0.2, 0) is 0 Å². The van der Waals surface area contributed by atoms with Gasteiger partial charge in [0, 0.05) is 6.20 Å². The summed E-state index contributed by atoms with van der Waals surface area (Å²) in [6, 6.07) is 5.71.